The van der Waals surface area contributed by atoms with Crippen molar-refractivity contribution in [1.29, 1.82) is 0 Å². The summed E-state index contributed by atoms with van der Waals surface area (Å²) in [4.78, 5) is 42.4. The number of hydrogen-bond acceptors (Lipinski definition) is 9. The number of rotatable bonds is 6. The zero-order valence-corrected chi connectivity index (χ0v) is 18.1. The molecule has 12 heteroatoms. The SMILES string of the molecule is CCOC(=O)c1nc(Cl)nc(N[C@H]2CC[C@H](NC(=O)OC(C)(C)C)CC2)c1[N+](=O)[O-]. The summed E-state index contributed by atoms with van der Waals surface area (Å²) in [6, 6.07) is -0.210. The lowest BCUT2D eigenvalue weighted by Gasteiger charge is -2.30. The smallest absolute Gasteiger partial charge is 0.407 e. The third-order valence-electron chi connectivity index (χ3n) is 4.30. The molecule has 1 aromatic rings. The molecule has 166 valence electrons. The monoisotopic (exact) mass is 443 g/mol. The van der Waals surface area contributed by atoms with Gasteiger partial charge in [-0.2, -0.15) is 4.98 Å². The lowest BCUT2D eigenvalue weighted by molar-refractivity contribution is -0.384. The fourth-order valence-electron chi connectivity index (χ4n) is 3.09. The number of esters is 1. The van der Waals surface area contributed by atoms with E-state index in [2.05, 4.69) is 20.6 Å². The molecule has 30 heavy (non-hydrogen) atoms. The highest BCUT2D eigenvalue weighted by molar-refractivity contribution is 6.28. The number of alkyl carbamates (subject to hydrolysis) is 1. The molecule has 1 amide bonds. The van der Waals surface area contributed by atoms with Crippen molar-refractivity contribution in [3.63, 3.8) is 0 Å². The molecule has 0 aromatic carbocycles. The zero-order valence-electron chi connectivity index (χ0n) is 17.4. The number of ether oxygens (including phenoxy) is 2. The Morgan fingerprint density at radius 2 is 1.80 bits per heavy atom. The minimum absolute atomic E-state index is 0.0367. The molecule has 2 rings (SSSR count). The second-order valence-corrected chi connectivity index (χ2v) is 8.19. The van der Waals surface area contributed by atoms with Crippen LogP contribution < -0.4 is 10.6 Å². The summed E-state index contributed by atoms with van der Waals surface area (Å²) in [6.45, 7) is 6.98. The Bertz CT molecular complexity index is 805. The fourth-order valence-corrected chi connectivity index (χ4v) is 3.26. The first kappa shape index (κ1) is 23.6. The van der Waals surface area contributed by atoms with Crippen molar-refractivity contribution >= 4 is 35.2 Å². The predicted octanol–water partition coefficient (Wildman–Crippen LogP) is 3.46. The number of anilines is 1. The van der Waals surface area contributed by atoms with Gasteiger partial charge in [-0.25, -0.2) is 14.6 Å². The Balaban J connectivity index is 2.06. The van der Waals surface area contributed by atoms with Gasteiger partial charge in [-0.1, -0.05) is 0 Å². The van der Waals surface area contributed by atoms with Gasteiger partial charge in [0.2, 0.25) is 16.8 Å². The van der Waals surface area contributed by atoms with Gasteiger partial charge in [0, 0.05) is 12.1 Å². The van der Waals surface area contributed by atoms with Crippen LogP contribution in [0, 0.1) is 10.1 Å². The Kier molecular flexibility index (Phi) is 7.77. The van der Waals surface area contributed by atoms with Crippen molar-refractivity contribution in [1.82, 2.24) is 15.3 Å². The van der Waals surface area contributed by atoms with E-state index < -0.39 is 34.0 Å². The van der Waals surface area contributed by atoms with Gasteiger partial charge >= 0.3 is 17.7 Å². The van der Waals surface area contributed by atoms with E-state index in [1.165, 1.54) is 0 Å². The fraction of sp³-hybridized carbons (Fsp3) is 0.667. The third kappa shape index (κ3) is 6.68. The average Bonchev–Trinajstić information content (AvgIpc) is 2.61. The van der Waals surface area contributed by atoms with Crippen LogP contribution in [0.2, 0.25) is 5.28 Å². The number of halogens is 1. The van der Waals surface area contributed by atoms with E-state index in [0.29, 0.717) is 25.7 Å². The molecule has 0 atom stereocenters. The quantitative estimate of drug-likeness (QED) is 0.292. The number of hydrogen-bond donors (Lipinski definition) is 2. The van der Waals surface area contributed by atoms with Crippen LogP contribution in [0.3, 0.4) is 0 Å². The third-order valence-corrected chi connectivity index (χ3v) is 4.47. The number of carbonyl (C=O) groups excluding carboxylic acids is 2. The highest BCUT2D eigenvalue weighted by atomic mass is 35.5. The molecule has 2 N–H and O–H groups in total. The predicted molar refractivity (Wildman–Crippen MR) is 109 cm³/mol. The zero-order chi connectivity index (χ0) is 22.5. The van der Waals surface area contributed by atoms with Gasteiger partial charge in [-0.05, 0) is 65.0 Å². The number of nitrogens with zero attached hydrogens (tertiary/aromatic N) is 3. The van der Waals surface area contributed by atoms with Crippen molar-refractivity contribution in [2.75, 3.05) is 11.9 Å². The van der Waals surface area contributed by atoms with E-state index in [1.807, 2.05) is 0 Å². The number of nitro groups is 1. The van der Waals surface area contributed by atoms with Crippen molar-refractivity contribution in [2.24, 2.45) is 0 Å². The van der Waals surface area contributed by atoms with Crippen molar-refractivity contribution < 1.29 is 24.0 Å². The maximum atomic E-state index is 12.1. The highest BCUT2D eigenvalue weighted by Crippen LogP contribution is 2.31. The van der Waals surface area contributed by atoms with Gasteiger partial charge < -0.3 is 20.1 Å². The van der Waals surface area contributed by atoms with Gasteiger partial charge in [0.05, 0.1) is 11.5 Å². The van der Waals surface area contributed by atoms with Crippen LogP contribution in [0.25, 0.3) is 0 Å². The minimum Gasteiger partial charge on any atom is -0.461 e. The minimum atomic E-state index is -0.943. The summed E-state index contributed by atoms with van der Waals surface area (Å²) in [6.07, 6.45) is 2.06. The van der Waals surface area contributed by atoms with E-state index in [0.717, 1.165) is 0 Å². The van der Waals surface area contributed by atoms with Gasteiger partial charge in [0.25, 0.3) is 0 Å². The van der Waals surface area contributed by atoms with E-state index in [4.69, 9.17) is 21.1 Å². The molecule has 1 aromatic heterocycles. The van der Waals surface area contributed by atoms with Gasteiger partial charge in [0.15, 0.2) is 0 Å². The van der Waals surface area contributed by atoms with Crippen molar-refractivity contribution in [3.8, 4) is 0 Å². The summed E-state index contributed by atoms with van der Waals surface area (Å²) in [5.74, 6) is -1.08. The maximum Gasteiger partial charge on any atom is 0.407 e. The van der Waals surface area contributed by atoms with Gasteiger partial charge in [0.1, 0.15) is 5.60 Å². The Morgan fingerprint density at radius 3 is 2.33 bits per heavy atom. The summed E-state index contributed by atoms with van der Waals surface area (Å²) in [7, 11) is 0. The molecule has 1 fully saturated rings. The molecular weight excluding hydrogens is 418 g/mol. The van der Waals surface area contributed by atoms with E-state index in [1.54, 1.807) is 27.7 Å². The second kappa shape index (κ2) is 9.88. The molecule has 0 spiro atoms. The van der Waals surface area contributed by atoms with Crippen molar-refractivity contribution in [3.05, 3.63) is 21.1 Å². The summed E-state index contributed by atoms with van der Waals surface area (Å²) < 4.78 is 10.1. The standard InChI is InChI=1S/C18H26ClN5O6/c1-5-29-15(25)12-13(24(27)28)14(23-16(19)22-12)20-10-6-8-11(9-7-10)21-17(26)30-18(2,3)4/h10-11H,5-9H2,1-4H3,(H,21,26)(H,20,22,23)/t10-,11-. The number of aromatic nitrogens is 2. The molecule has 0 radical (unpaired) electrons. The number of amides is 1. The summed E-state index contributed by atoms with van der Waals surface area (Å²) in [5.41, 5.74) is -1.65. The van der Waals surface area contributed by atoms with Crippen molar-refractivity contribution in [2.45, 2.75) is 71.1 Å². The first-order valence-electron chi connectivity index (χ1n) is 9.65. The average molecular weight is 444 g/mol. The highest BCUT2D eigenvalue weighted by Gasteiger charge is 2.32. The van der Waals surface area contributed by atoms with Crippen LogP contribution in [-0.2, 0) is 9.47 Å². The summed E-state index contributed by atoms with van der Waals surface area (Å²) in [5, 5.41) is 17.1. The Hall–Kier alpha value is -2.69. The molecule has 1 aliphatic rings. The topological polar surface area (TPSA) is 146 Å². The number of nitrogens with one attached hydrogen (secondary N) is 2. The van der Waals surface area contributed by atoms with Crippen LogP contribution in [0.15, 0.2) is 0 Å². The first-order chi connectivity index (χ1) is 14.0. The van der Waals surface area contributed by atoms with E-state index in [-0.39, 0.29) is 29.8 Å². The molecule has 1 saturated carbocycles. The molecule has 0 bridgehead atoms. The van der Waals surface area contributed by atoms with Crippen LogP contribution >= 0.6 is 11.6 Å². The van der Waals surface area contributed by atoms with Gasteiger partial charge in [-0.15, -0.1) is 0 Å². The second-order valence-electron chi connectivity index (χ2n) is 7.86. The molecule has 0 aliphatic heterocycles. The molecule has 1 aliphatic carbocycles. The van der Waals surface area contributed by atoms with Crippen LogP contribution in [0.5, 0.6) is 0 Å². The largest absolute Gasteiger partial charge is 0.461 e. The lowest BCUT2D eigenvalue weighted by Crippen LogP contribution is -2.42. The molecular formula is C18H26ClN5O6. The normalized spacial score (nSPS) is 19.0. The van der Waals surface area contributed by atoms with E-state index >= 15 is 0 Å². The molecule has 11 nitrogen and oxygen atoms in total. The van der Waals surface area contributed by atoms with Crippen LogP contribution in [0.1, 0.15) is 63.9 Å². The van der Waals surface area contributed by atoms with Crippen LogP contribution in [-0.4, -0.2) is 51.2 Å². The lowest BCUT2D eigenvalue weighted by atomic mass is 9.91. The molecule has 0 saturated heterocycles. The summed E-state index contributed by atoms with van der Waals surface area (Å²) >= 11 is 5.87. The van der Waals surface area contributed by atoms with E-state index in [9.17, 15) is 19.7 Å². The Labute approximate surface area is 179 Å². The first-order valence-corrected chi connectivity index (χ1v) is 10.0. The van der Waals surface area contributed by atoms with Gasteiger partial charge in [-0.3, -0.25) is 10.1 Å². The molecule has 1 heterocycles. The molecule has 0 unspecified atom stereocenters. The van der Waals surface area contributed by atoms with Crippen LogP contribution in [0.4, 0.5) is 16.3 Å². The maximum absolute atomic E-state index is 12.1. The number of carbonyl (C=O) groups is 2. The Morgan fingerprint density at radius 1 is 1.20 bits per heavy atom.